The van der Waals surface area contributed by atoms with E-state index in [-0.39, 0.29) is 16.9 Å². The summed E-state index contributed by atoms with van der Waals surface area (Å²) in [6.45, 7) is 2.50. The largest absolute Gasteiger partial charge is 0.477 e. The van der Waals surface area contributed by atoms with E-state index in [4.69, 9.17) is 4.74 Å². The zero-order valence-electron chi connectivity index (χ0n) is 16.1. The van der Waals surface area contributed by atoms with E-state index >= 15 is 0 Å². The van der Waals surface area contributed by atoms with E-state index in [1.807, 2.05) is 19.1 Å². The fraction of sp³-hybridized carbons (Fsp3) is 0.409. The molecule has 3 aliphatic carbocycles. The Morgan fingerprint density at radius 3 is 2.76 bits per heavy atom. The highest BCUT2D eigenvalue weighted by molar-refractivity contribution is 5.88. The summed E-state index contributed by atoms with van der Waals surface area (Å²) in [5.41, 5.74) is 0.799. The Morgan fingerprint density at radius 1 is 1.24 bits per heavy atom. The van der Waals surface area contributed by atoms with Crippen molar-refractivity contribution in [3.63, 3.8) is 0 Å². The van der Waals surface area contributed by atoms with Crippen LogP contribution in [-0.2, 0) is 4.79 Å². The van der Waals surface area contributed by atoms with Crippen LogP contribution >= 0.6 is 0 Å². The molecule has 7 heteroatoms. The molecule has 3 saturated carbocycles. The normalized spacial score (nSPS) is 29.3. The Hall–Kier alpha value is -2.83. The number of ether oxygens (including phenoxy) is 1. The van der Waals surface area contributed by atoms with Crippen LogP contribution in [0.3, 0.4) is 0 Å². The van der Waals surface area contributed by atoms with Crippen LogP contribution < -0.4 is 4.74 Å². The standard InChI is InChI=1S/C22H21F2N3O2/c1-14-5-6-18(25-9-14)29-13-21-10-22(11-21,12-21)20(28)27-17(7-8-26-27)15-3-2-4-16(23)19(15)24/h2-6,8-9,17H,7,10-13H2,1H3. The van der Waals surface area contributed by atoms with E-state index < -0.39 is 23.1 Å². The number of benzene rings is 1. The SMILES string of the molecule is Cc1ccc(OCC23CC(C(=O)N4N=CCC4c4cccc(F)c4F)(C2)C3)nc1. The first-order valence-electron chi connectivity index (χ1n) is 9.77. The van der Waals surface area contributed by atoms with E-state index in [0.29, 0.717) is 18.9 Å². The maximum Gasteiger partial charge on any atom is 0.249 e. The van der Waals surface area contributed by atoms with Crippen LogP contribution in [0.1, 0.15) is 42.9 Å². The summed E-state index contributed by atoms with van der Waals surface area (Å²) in [4.78, 5) is 17.4. The monoisotopic (exact) mass is 397 g/mol. The topological polar surface area (TPSA) is 54.8 Å². The third-order valence-electron chi connectivity index (χ3n) is 6.38. The second-order valence-corrected chi connectivity index (χ2v) is 8.62. The highest BCUT2D eigenvalue weighted by atomic mass is 19.2. The molecule has 1 aromatic heterocycles. The van der Waals surface area contributed by atoms with Crippen LogP contribution in [0.25, 0.3) is 0 Å². The van der Waals surface area contributed by atoms with Crippen molar-refractivity contribution in [2.24, 2.45) is 15.9 Å². The number of hydrogen-bond acceptors (Lipinski definition) is 4. The van der Waals surface area contributed by atoms with Crippen molar-refractivity contribution in [2.75, 3.05) is 6.61 Å². The summed E-state index contributed by atoms with van der Waals surface area (Å²) in [6, 6.07) is 7.27. The molecule has 1 aromatic carbocycles. The van der Waals surface area contributed by atoms with E-state index in [2.05, 4.69) is 10.1 Å². The Labute approximate surface area is 167 Å². The molecule has 0 radical (unpaired) electrons. The van der Waals surface area contributed by atoms with Crippen molar-refractivity contribution in [3.8, 4) is 5.88 Å². The first kappa shape index (κ1) is 18.2. The number of hydrazone groups is 1. The fourth-order valence-electron chi connectivity index (χ4n) is 5.03. The number of carbonyl (C=O) groups is 1. The van der Waals surface area contributed by atoms with Gasteiger partial charge in [0.15, 0.2) is 11.6 Å². The van der Waals surface area contributed by atoms with Gasteiger partial charge in [-0.05, 0) is 37.8 Å². The molecule has 0 saturated heterocycles. The highest BCUT2D eigenvalue weighted by Crippen LogP contribution is 2.74. The number of aryl methyl sites for hydroxylation is 1. The molecule has 150 valence electrons. The Kier molecular flexibility index (Phi) is 3.98. The van der Waals surface area contributed by atoms with Crippen molar-refractivity contribution in [1.29, 1.82) is 0 Å². The van der Waals surface area contributed by atoms with Crippen LogP contribution in [-0.4, -0.2) is 28.7 Å². The van der Waals surface area contributed by atoms with Gasteiger partial charge in [0.1, 0.15) is 0 Å². The summed E-state index contributed by atoms with van der Waals surface area (Å²) in [7, 11) is 0. The maximum absolute atomic E-state index is 14.2. The average molecular weight is 397 g/mol. The number of pyridine rings is 1. The van der Waals surface area contributed by atoms with Crippen molar-refractivity contribution in [2.45, 2.75) is 38.6 Å². The molecule has 0 N–H and O–H groups in total. The molecule has 5 nitrogen and oxygen atoms in total. The molecular formula is C22H21F2N3O2. The first-order chi connectivity index (χ1) is 13.9. The molecule has 2 aromatic rings. The summed E-state index contributed by atoms with van der Waals surface area (Å²) in [6.07, 6.45) is 5.94. The van der Waals surface area contributed by atoms with Crippen molar-refractivity contribution in [3.05, 3.63) is 59.3 Å². The molecule has 1 atom stereocenters. The zero-order valence-corrected chi connectivity index (χ0v) is 16.1. The second kappa shape index (κ2) is 6.34. The Balaban J connectivity index is 1.24. The summed E-state index contributed by atoms with van der Waals surface area (Å²) < 4.78 is 33.7. The third kappa shape index (κ3) is 2.82. The number of rotatable bonds is 5. The molecule has 3 fully saturated rings. The van der Waals surface area contributed by atoms with Gasteiger partial charge in [-0.15, -0.1) is 0 Å². The molecular weight excluding hydrogens is 376 g/mol. The van der Waals surface area contributed by atoms with Crippen molar-refractivity contribution in [1.82, 2.24) is 9.99 Å². The Morgan fingerprint density at radius 2 is 2.03 bits per heavy atom. The number of carbonyl (C=O) groups excluding carboxylic acids is 1. The van der Waals surface area contributed by atoms with Gasteiger partial charge in [0.2, 0.25) is 11.8 Å². The van der Waals surface area contributed by atoms with E-state index in [9.17, 15) is 13.6 Å². The minimum Gasteiger partial charge on any atom is -0.477 e. The molecule has 0 spiro atoms. The van der Waals surface area contributed by atoms with Crippen LogP contribution in [0, 0.1) is 29.4 Å². The van der Waals surface area contributed by atoms with Gasteiger partial charge in [-0.2, -0.15) is 5.10 Å². The minimum atomic E-state index is -0.909. The molecule has 2 heterocycles. The summed E-state index contributed by atoms with van der Waals surface area (Å²) >= 11 is 0. The van der Waals surface area contributed by atoms with Gasteiger partial charge in [0, 0.05) is 35.9 Å². The van der Waals surface area contributed by atoms with Crippen LogP contribution in [0.2, 0.25) is 0 Å². The predicted octanol–water partition coefficient (Wildman–Crippen LogP) is 4.18. The predicted molar refractivity (Wildman–Crippen MR) is 102 cm³/mol. The van der Waals surface area contributed by atoms with E-state index in [1.54, 1.807) is 12.4 Å². The quantitative estimate of drug-likeness (QED) is 0.761. The molecule has 29 heavy (non-hydrogen) atoms. The van der Waals surface area contributed by atoms with Crippen molar-refractivity contribution < 1.29 is 18.3 Å². The van der Waals surface area contributed by atoms with Gasteiger partial charge in [-0.3, -0.25) is 4.79 Å². The minimum absolute atomic E-state index is 0.00522. The number of nitrogens with zero attached hydrogens (tertiary/aromatic N) is 3. The summed E-state index contributed by atoms with van der Waals surface area (Å²) in [5.74, 6) is -1.33. The fourth-order valence-corrected chi connectivity index (χ4v) is 5.03. The zero-order chi connectivity index (χ0) is 20.2. The first-order valence-corrected chi connectivity index (χ1v) is 9.77. The van der Waals surface area contributed by atoms with E-state index in [0.717, 1.165) is 30.9 Å². The van der Waals surface area contributed by atoms with Gasteiger partial charge in [-0.1, -0.05) is 18.2 Å². The van der Waals surface area contributed by atoms with Gasteiger partial charge in [-0.25, -0.2) is 18.8 Å². The third-order valence-corrected chi connectivity index (χ3v) is 6.38. The molecule has 1 unspecified atom stereocenters. The second-order valence-electron chi connectivity index (χ2n) is 8.62. The van der Waals surface area contributed by atoms with Gasteiger partial charge in [0.25, 0.3) is 0 Å². The number of hydrogen-bond donors (Lipinski definition) is 0. The van der Waals surface area contributed by atoms with E-state index in [1.165, 1.54) is 17.1 Å². The molecule has 6 rings (SSSR count). The lowest BCUT2D eigenvalue weighted by molar-refractivity contribution is -0.227. The number of halogens is 2. The molecule has 2 bridgehead atoms. The van der Waals surface area contributed by atoms with Crippen LogP contribution in [0.5, 0.6) is 5.88 Å². The van der Waals surface area contributed by atoms with Gasteiger partial charge in [0.05, 0.1) is 18.1 Å². The number of aromatic nitrogens is 1. The van der Waals surface area contributed by atoms with Crippen LogP contribution in [0.4, 0.5) is 8.78 Å². The van der Waals surface area contributed by atoms with Crippen LogP contribution in [0.15, 0.2) is 41.6 Å². The Bertz CT molecular complexity index is 986. The maximum atomic E-state index is 14.2. The smallest absolute Gasteiger partial charge is 0.249 e. The lowest BCUT2D eigenvalue weighted by Gasteiger charge is -2.69. The summed E-state index contributed by atoms with van der Waals surface area (Å²) in [5, 5.41) is 5.54. The lowest BCUT2D eigenvalue weighted by atomic mass is 9.35. The number of amides is 1. The average Bonchev–Trinajstić information content (AvgIpc) is 3.12. The van der Waals surface area contributed by atoms with Crippen molar-refractivity contribution >= 4 is 12.1 Å². The van der Waals surface area contributed by atoms with Gasteiger partial charge < -0.3 is 4.74 Å². The highest BCUT2D eigenvalue weighted by Gasteiger charge is 2.73. The molecule has 1 aliphatic heterocycles. The molecule has 4 aliphatic rings. The molecule has 1 amide bonds. The lowest BCUT2D eigenvalue weighted by Crippen LogP contribution is -2.69. The van der Waals surface area contributed by atoms with Gasteiger partial charge >= 0.3 is 0 Å².